The number of thiophene rings is 1. The van der Waals surface area contributed by atoms with E-state index < -0.39 is 32.6 Å². The Bertz CT molecular complexity index is 725. The smallest absolute Gasteiger partial charge is 0.207 e. The molecular formula is C13H12BrF2NO2S2. The van der Waals surface area contributed by atoms with Crippen molar-refractivity contribution in [3.63, 3.8) is 0 Å². The summed E-state index contributed by atoms with van der Waals surface area (Å²) in [5, 5.41) is 1.83. The van der Waals surface area contributed by atoms with Crippen LogP contribution in [0.2, 0.25) is 0 Å². The highest BCUT2D eigenvalue weighted by Crippen LogP contribution is 2.33. The van der Waals surface area contributed by atoms with Crippen LogP contribution >= 0.6 is 27.3 Å². The molecule has 21 heavy (non-hydrogen) atoms. The van der Waals surface area contributed by atoms with E-state index in [9.17, 15) is 17.2 Å². The topological polar surface area (TPSA) is 37.4 Å². The van der Waals surface area contributed by atoms with Crippen molar-refractivity contribution >= 4 is 37.3 Å². The SMILES string of the molecule is CC(c1cccs1)N(C)S(=O)(=O)c1c(F)cc(F)cc1Br. The van der Waals surface area contributed by atoms with Crippen LogP contribution in [0.25, 0.3) is 0 Å². The molecule has 2 aromatic rings. The normalized spacial score (nSPS) is 13.6. The zero-order chi connectivity index (χ0) is 15.8. The van der Waals surface area contributed by atoms with Gasteiger partial charge in [0.1, 0.15) is 16.5 Å². The molecule has 0 saturated carbocycles. The van der Waals surface area contributed by atoms with E-state index in [2.05, 4.69) is 15.9 Å². The average Bonchev–Trinajstić information content (AvgIpc) is 2.89. The Morgan fingerprint density at radius 2 is 2.00 bits per heavy atom. The maximum atomic E-state index is 13.9. The summed E-state index contributed by atoms with van der Waals surface area (Å²) in [6, 6.07) is 4.65. The van der Waals surface area contributed by atoms with Crippen LogP contribution in [0, 0.1) is 11.6 Å². The van der Waals surface area contributed by atoms with Gasteiger partial charge in [0.2, 0.25) is 10.0 Å². The van der Waals surface area contributed by atoms with Crippen LogP contribution in [0.1, 0.15) is 17.8 Å². The van der Waals surface area contributed by atoms with Crippen LogP contribution in [0.4, 0.5) is 8.78 Å². The maximum absolute atomic E-state index is 13.9. The highest BCUT2D eigenvalue weighted by Gasteiger charge is 2.31. The lowest BCUT2D eigenvalue weighted by Gasteiger charge is -2.24. The number of nitrogens with zero attached hydrogens (tertiary/aromatic N) is 1. The second kappa shape index (κ2) is 6.12. The van der Waals surface area contributed by atoms with Gasteiger partial charge in [-0.2, -0.15) is 4.31 Å². The summed E-state index contributed by atoms with van der Waals surface area (Å²) in [4.78, 5) is 0.273. The largest absolute Gasteiger partial charge is 0.247 e. The van der Waals surface area contributed by atoms with Crippen LogP contribution in [-0.4, -0.2) is 19.8 Å². The highest BCUT2D eigenvalue weighted by molar-refractivity contribution is 9.10. The average molecular weight is 396 g/mol. The zero-order valence-electron chi connectivity index (χ0n) is 11.2. The quantitative estimate of drug-likeness (QED) is 0.778. The molecule has 0 aliphatic rings. The van der Waals surface area contributed by atoms with Crippen molar-refractivity contribution in [2.24, 2.45) is 0 Å². The number of sulfonamides is 1. The van der Waals surface area contributed by atoms with Crippen molar-refractivity contribution in [2.75, 3.05) is 7.05 Å². The minimum absolute atomic E-state index is 0.134. The fraction of sp³-hybridized carbons (Fsp3) is 0.231. The van der Waals surface area contributed by atoms with Gasteiger partial charge in [-0.3, -0.25) is 0 Å². The van der Waals surface area contributed by atoms with Crippen LogP contribution in [0.15, 0.2) is 39.0 Å². The van der Waals surface area contributed by atoms with Gasteiger partial charge in [0.05, 0.1) is 6.04 Å². The summed E-state index contributed by atoms with van der Waals surface area (Å²) in [5.41, 5.74) is 0. The van der Waals surface area contributed by atoms with E-state index in [1.165, 1.54) is 18.4 Å². The number of benzene rings is 1. The molecule has 1 aromatic heterocycles. The van der Waals surface area contributed by atoms with E-state index in [4.69, 9.17) is 0 Å². The second-order valence-electron chi connectivity index (χ2n) is 4.41. The fourth-order valence-corrected chi connectivity index (χ4v) is 5.18. The van der Waals surface area contributed by atoms with Gasteiger partial charge in [0, 0.05) is 22.5 Å². The van der Waals surface area contributed by atoms with Crippen LogP contribution in [-0.2, 0) is 10.0 Å². The predicted molar refractivity (Wildman–Crippen MR) is 81.7 cm³/mol. The Morgan fingerprint density at radius 3 is 2.52 bits per heavy atom. The monoisotopic (exact) mass is 395 g/mol. The second-order valence-corrected chi connectivity index (χ2v) is 8.18. The van der Waals surface area contributed by atoms with Gasteiger partial charge in [0.15, 0.2) is 0 Å². The Labute approximate surface area is 134 Å². The molecule has 1 unspecified atom stereocenters. The summed E-state index contributed by atoms with van der Waals surface area (Å²) in [6.07, 6.45) is 0. The van der Waals surface area contributed by atoms with Gasteiger partial charge in [-0.1, -0.05) is 6.07 Å². The van der Waals surface area contributed by atoms with Crippen molar-refractivity contribution in [1.29, 1.82) is 0 Å². The van der Waals surface area contributed by atoms with E-state index in [-0.39, 0.29) is 4.47 Å². The standard InChI is InChI=1S/C13H12BrF2NO2S2/c1-8(12-4-3-5-20-12)17(2)21(18,19)13-10(14)6-9(15)7-11(13)16/h3-8H,1-2H3. The lowest BCUT2D eigenvalue weighted by molar-refractivity contribution is 0.399. The Balaban J connectivity index is 2.47. The van der Waals surface area contributed by atoms with Gasteiger partial charge in [-0.25, -0.2) is 17.2 Å². The highest BCUT2D eigenvalue weighted by atomic mass is 79.9. The zero-order valence-corrected chi connectivity index (χ0v) is 14.4. The molecular weight excluding hydrogens is 384 g/mol. The van der Waals surface area contributed by atoms with Gasteiger partial charge < -0.3 is 0 Å². The maximum Gasteiger partial charge on any atom is 0.247 e. The van der Waals surface area contributed by atoms with Crippen molar-refractivity contribution in [3.8, 4) is 0 Å². The van der Waals surface area contributed by atoms with E-state index in [1.807, 2.05) is 11.4 Å². The van der Waals surface area contributed by atoms with Crippen molar-refractivity contribution < 1.29 is 17.2 Å². The molecule has 1 heterocycles. The van der Waals surface area contributed by atoms with Crippen LogP contribution in [0.5, 0.6) is 0 Å². The first-order chi connectivity index (χ1) is 9.75. The van der Waals surface area contributed by atoms with Gasteiger partial charge in [-0.05, 0) is 40.4 Å². The summed E-state index contributed by atoms with van der Waals surface area (Å²) >= 11 is 4.33. The molecule has 8 heteroatoms. The summed E-state index contributed by atoms with van der Waals surface area (Å²) in [7, 11) is -2.72. The third-order valence-corrected chi connectivity index (χ3v) is 7.04. The van der Waals surface area contributed by atoms with E-state index in [1.54, 1.807) is 13.0 Å². The molecule has 0 aliphatic carbocycles. The lowest BCUT2D eigenvalue weighted by atomic mass is 10.3. The summed E-state index contributed by atoms with van der Waals surface area (Å²) in [5.74, 6) is -1.96. The predicted octanol–water partition coefficient (Wildman–Crippen LogP) is 4.17. The molecule has 2 rings (SSSR count). The molecule has 0 aliphatic heterocycles. The molecule has 0 saturated heterocycles. The van der Waals surface area contributed by atoms with E-state index >= 15 is 0 Å². The Kier molecular flexibility index (Phi) is 4.82. The van der Waals surface area contributed by atoms with E-state index in [0.717, 1.165) is 15.2 Å². The molecule has 0 N–H and O–H groups in total. The summed E-state index contributed by atoms with van der Waals surface area (Å²) in [6.45, 7) is 1.71. The van der Waals surface area contributed by atoms with Gasteiger partial charge >= 0.3 is 0 Å². The Hall–Kier alpha value is -0.830. The molecule has 114 valence electrons. The van der Waals surface area contributed by atoms with Crippen molar-refractivity contribution in [1.82, 2.24) is 4.31 Å². The minimum atomic E-state index is -4.09. The Morgan fingerprint density at radius 1 is 1.33 bits per heavy atom. The van der Waals surface area contributed by atoms with Crippen molar-refractivity contribution in [2.45, 2.75) is 17.9 Å². The first-order valence-electron chi connectivity index (χ1n) is 5.91. The molecule has 0 amide bonds. The number of halogens is 3. The third-order valence-electron chi connectivity index (χ3n) is 3.10. The minimum Gasteiger partial charge on any atom is -0.207 e. The number of rotatable bonds is 4. The molecule has 0 spiro atoms. The molecule has 3 nitrogen and oxygen atoms in total. The number of hydrogen-bond donors (Lipinski definition) is 0. The summed E-state index contributed by atoms with van der Waals surface area (Å²) < 4.78 is 53.1. The van der Waals surface area contributed by atoms with E-state index in [0.29, 0.717) is 6.07 Å². The molecule has 0 radical (unpaired) electrons. The first kappa shape index (κ1) is 16.5. The first-order valence-corrected chi connectivity index (χ1v) is 9.02. The van der Waals surface area contributed by atoms with Gasteiger partial charge in [-0.15, -0.1) is 11.3 Å². The lowest BCUT2D eigenvalue weighted by Crippen LogP contribution is -2.30. The van der Waals surface area contributed by atoms with Crippen molar-refractivity contribution in [3.05, 3.63) is 50.6 Å². The molecule has 1 atom stereocenters. The third kappa shape index (κ3) is 3.18. The van der Waals surface area contributed by atoms with Gasteiger partial charge in [0.25, 0.3) is 0 Å². The number of hydrogen-bond acceptors (Lipinski definition) is 3. The van der Waals surface area contributed by atoms with Crippen LogP contribution < -0.4 is 0 Å². The molecule has 0 fully saturated rings. The molecule has 1 aromatic carbocycles. The molecule has 0 bridgehead atoms. The van der Waals surface area contributed by atoms with Crippen LogP contribution in [0.3, 0.4) is 0 Å². The fourth-order valence-electron chi connectivity index (χ4n) is 1.84.